The number of H-pyrrole nitrogens is 1. The molecule has 1 aromatic carbocycles. The van der Waals surface area contributed by atoms with Gasteiger partial charge in [-0.2, -0.15) is 0 Å². The molecule has 2 aromatic rings. The van der Waals surface area contributed by atoms with Crippen LogP contribution in [0, 0.1) is 17.7 Å². The van der Waals surface area contributed by atoms with Gasteiger partial charge in [0.2, 0.25) is 0 Å². The summed E-state index contributed by atoms with van der Waals surface area (Å²) in [6.07, 6.45) is 2.80. The number of rotatable bonds is 3. The summed E-state index contributed by atoms with van der Waals surface area (Å²) in [5.74, 6) is -0.190. The first-order valence-corrected chi connectivity index (χ1v) is 6.07. The van der Waals surface area contributed by atoms with Crippen molar-refractivity contribution >= 4 is 22.8 Å². The van der Waals surface area contributed by atoms with Gasteiger partial charge in [-0.1, -0.05) is 12.1 Å². The Morgan fingerprint density at radius 3 is 2.89 bits per heavy atom. The van der Waals surface area contributed by atoms with Crippen molar-refractivity contribution < 1.29 is 0 Å². The fourth-order valence-corrected chi connectivity index (χ4v) is 2.15. The Balaban J connectivity index is 1.99. The van der Waals surface area contributed by atoms with Crippen LogP contribution >= 0.6 is 0 Å². The summed E-state index contributed by atoms with van der Waals surface area (Å²) in [6, 6.07) is 6.17. The van der Waals surface area contributed by atoms with Gasteiger partial charge in [-0.3, -0.25) is 16.1 Å². The fraction of sp³-hybridized carbons (Fsp3) is 0.231. The number of fused-ring (bicyclic) bond motifs is 1. The molecule has 0 fully saturated rings. The fourth-order valence-electron chi connectivity index (χ4n) is 2.15. The second kappa shape index (κ2) is 5.43. The molecule has 0 spiro atoms. The lowest BCUT2D eigenvalue weighted by Gasteiger charge is -2.08. The van der Waals surface area contributed by atoms with E-state index < -0.39 is 0 Å². The van der Waals surface area contributed by atoms with Gasteiger partial charge in [0.15, 0.2) is 11.9 Å². The van der Waals surface area contributed by atoms with Gasteiger partial charge in [0.25, 0.3) is 0 Å². The summed E-state index contributed by atoms with van der Waals surface area (Å²) in [7, 11) is 0. The molecule has 0 unspecified atom stereocenters. The Morgan fingerprint density at radius 1 is 1.37 bits per heavy atom. The molecule has 0 aliphatic rings. The first-order chi connectivity index (χ1) is 9.08. The van der Waals surface area contributed by atoms with E-state index in [9.17, 15) is 0 Å². The summed E-state index contributed by atoms with van der Waals surface area (Å²) in [5.41, 5.74) is 8.73. The van der Waals surface area contributed by atoms with Gasteiger partial charge in [0, 0.05) is 23.6 Å². The molecule has 6 nitrogen and oxygen atoms in total. The van der Waals surface area contributed by atoms with E-state index in [0.29, 0.717) is 6.54 Å². The van der Waals surface area contributed by atoms with Gasteiger partial charge in [-0.05, 0) is 30.5 Å². The predicted octanol–water partition coefficient (Wildman–Crippen LogP) is 1.03. The molecule has 0 aliphatic heterocycles. The highest BCUT2D eigenvalue weighted by atomic mass is 15.2. The molecule has 0 bridgehead atoms. The van der Waals surface area contributed by atoms with E-state index >= 15 is 0 Å². The van der Waals surface area contributed by atoms with Gasteiger partial charge in [-0.25, -0.2) is 0 Å². The van der Waals surface area contributed by atoms with Crippen LogP contribution in [-0.4, -0.2) is 23.4 Å². The molecule has 6 heteroatoms. The third-order valence-corrected chi connectivity index (χ3v) is 2.95. The minimum atomic E-state index is -0.236. The quantitative estimate of drug-likeness (QED) is 0.365. The second-order valence-corrected chi connectivity index (χ2v) is 4.40. The average molecular weight is 258 g/mol. The molecule has 7 N–H and O–H groups in total. The van der Waals surface area contributed by atoms with Crippen molar-refractivity contribution in [1.82, 2.24) is 15.6 Å². The number of aromatic amines is 1. The normalized spacial score (nSPS) is 10.4. The molecule has 0 saturated carbocycles. The summed E-state index contributed by atoms with van der Waals surface area (Å²) in [6.45, 7) is 2.70. The molecule has 2 rings (SSSR count). The molecule has 0 amide bonds. The van der Waals surface area contributed by atoms with E-state index in [1.54, 1.807) is 0 Å². The molecule has 0 radical (unpaired) electrons. The van der Waals surface area contributed by atoms with Crippen LogP contribution in [0.3, 0.4) is 0 Å². The summed E-state index contributed by atoms with van der Waals surface area (Å²) < 4.78 is 0. The second-order valence-electron chi connectivity index (χ2n) is 4.40. The number of guanidine groups is 2. The number of aryl methyl sites for hydroxylation is 1. The van der Waals surface area contributed by atoms with Gasteiger partial charge >= 0.3 is 0 Å². The van der Waals surface area contributed by atoms with Gasteiger partial charge in [-0.15, -0.1) is 0 Å². The molecule has 19 heavy (non-hydrogen) atoms. The smallest absolute Gasteiger partial charge is 0.195 e. The number of aromatic nitrogens is 1. The summed E-state index contributed by atoms with van der Waals surface area (Å²) in [5, 5.41) is 21.0. The number of hydrogen-bond donors (Lipinski definition) is 6. The molecular formula is C13H18N6. The van der Waals surface area contributed by atoms with Crippen LogP contribution in [0.15, 0.2) is 24.4 Å². The zero-order valence-electron chi connectivity index (χ0n) is 10.8. The maximum atomic E-state index is 7.50. The molecule has 0 atom stereocenters. The Labute approximate surface area is 111 Å². The van der Waals surface area contributed by atoms with Crippen LogP contribution in [0.4, 0.5) is 0 Å². The summed E-state index contributed by atoms with van der Waals surface area (Å²) in [4.78, 5) is 3.25. The molecule has 0 saturated heterocycles. The Kier molecular flexibility index (Phi) is 3.70. The maximum absolute atomic E-state index is 7.50. The third-order valence-electron chi connectivity index (χ3n) is 2.95. The van der Waals surface area contributed by atoms with E-state index in [1.807, 2.05) is 12.3 Å². The number of hydrogen-bond acceptors (Lipinski definition) is 2. The third kappa shape index (κ3) is 3.04. The number of nitrogens with two attached hydrogens (primary N) is 1. The van der Waals surface area contributed by atoms with Crippen molar-refractivity contribution in [2.75, 3.05) is 6.54 Å². The van der Waals surface area contributed by atoms with Crippen LogP contribution in [0.2, 0.25) is 0 Å². The number of nitrogens with one attached hydrogen (secondary N) is 5. The lowest BCUT2D eigenvalue weighted by molar-refractivity contribution is 0.844. The minimum Gasteiger partial charge on any atom is -0.370 e. The van der Waals surface area contributed by atoms with Crippen molar-refractivity contribution in [3.05, 3.63) is 35.5 Å². The molecule has 1 heterocycles. The standard InChI is InChI=1S/C13H18N6/c1-8-3-2-4-10-11(8)9(7-18-10)5-6-17-13(16)19-12(14)15/h2-4,7,18H,5-6H2,1H3,(H6,14,15,16,17,19). The molecule has 0 aliphatic carbocycles. The zero-order chi connectivity index (χ0) is 13.8. The minimum absolute atomic E-state index is 0.0454. The van der Waals surface area contributed by atoms with E-state index in [2.05, 4.69) is 34.7 Å². The van der Waals surface area contributed by atoms with Crippen molar-refractivity contribution in [3.63, 3.8) is 0 Å². The number of benzene rings is 1. The highest BCUT2D eigenvalue weighted by Gasteiger charge is 2.06. The van der Waals surface area contributed by atoms with Crippen LogP contribution < -0.4 is 16.4 Å². The largest absolute Gasteiger partial charge is 0.370 e. The highest BCUT2D eigenvalue weighted by Crippen LogP contribution is 2.22. The Hall–Kier alpha value is -2.50. The van der Waals surface area contributed by atoms with Crippen molar-refractivity contribution in [2.45, 2.75) is 13.3 Å². The zero-order valence-corrected chi connectivity index (χ0v) is 10.8. The van der Waals surface area contributed by atoms with Crippen LogP contribution in [-0.2, 0) is 6.42 Å². The van der Waals surface area contributed by atoms with Crippen LogP contribution in [0.1, 0.15) is 11.1 Å². The monoisotopic (exact) mass is 258 g/mol. The lowest BCUT2D eigenvalue weighted by Crippen LogP contribution is -2.43. The Morgan fingerprint density at radius 2 is 2.16 bits per heavy atom. The first kappa shape index (κ1) is 12.9. The predicted molar refractivity (Wildman–Crippen MR) is 77.5 cm³/mol. The van der Waals surface area contributed by atoms with Crippen molar-refractivity contribution in [3.8, 4) is 0 Å². The van der Waals surface area contributed by atoms with Gasteiger partial charge < -0.3 is 16.0 Å². The van der Waals surface area contributed by atoms with E-state index in [-0.39, 0.29) is 11.9 Å². The van der Waals surface area contributed by atoms with E-state index in [0.717, 1.165) is 11.9 Å². The van der Waals surface area contributed by atoms with E-state index in [1.165, 1.54) is 16.5 Å². The van der Waals surface area contributed by atoms with Crippen LogP contribution in [0.5, 0.6) is 0 Å². The molecular weight excluding hydrogens is 240 g/mol. The average Bonchev–Trinajstić information content (AvgIpc) is 2.73. The summed E-state index contributed by atoms with van der Waals surface area (Å²) >= 11 is 0. The Bertz CT molecular complexity index is 613. The maximum Gasteiger partial charge on any atom is 0.195 e. The highest BCUT2D eigenvalue weighted by molar-refractivity contribution is 5.94. The lowest BCUT2D eigenvalue weighted by atomic mass is 10.1. The van der Waals surface area contributed by atoms with Crippen molar-refractivity contribution in [2.24, 2.45) is 5.73 Å². The molecule has 100 valence electrons. The topological polar surface area (TPSA) is 114 Å². The first-order valence-electron chi connectivity index (χ1n) is 6.07. The van der Waals surface area contributed by atoms with Gasteiger partial charge in [0.05, 0.1) is 0 Å². The van der Waals surface area contributed by atoms with Gasteiger partial charge in [0.1, 0.15) is 0 Å². The van der Waals surface area contributed by atoms with E-state index in [4.69, 9.17) is 16.6 Å². The van der Waals surface area contributed by atoms with Crippen molar-refractivity contribution in [1.29, 1.82) is 10.8 Å². The molecule has 1 aromatic heterocycles. The SMILES string of the molecule is Cc1cccc2[nH]cc(CCNC(=N)NC(=N)N)c12. The van der Waals surface area contributed by atoms with Crippen LogP contribution in [0.25, 0.3) is 10.9 Å².